The maximum Gasteiger partial charge on any atom is 0.351 e. The van der Waals surface area contributed by atoms with E-state index in [1.807, 2.05) is 0 Å². The van der Waals surface area contributed by atoms with Gasteiger partial charge < -0.3 is 19.5 Å². The molecular formula is C21H18ClN5O5. The van der Waals surface area contributed by atoms with E-state index in [2.05, 4.69) is 15.4 Å². The molecule has 32 heavy (non-hydrogen) atoms. The lowest BCUT2D eigenvalue weighted by Crippen LogP contribution is -2.28. The zero-order valence-electron chi connectivity index (χ0n) is 17.1. The van der Waals surface area contributed by atoms with Crippen LogP contribution in [0.5, 0.6) is 23.1 Å². The quantitative estimate of drug-likeness (QED) is 0.456. The van der Waals surface area contributed by atoms with Crippen molar-refractivity contribution >= 4 is 28.8 Å². The van der Waals surface area contributed by atoms with Crippen molar-refractivity contribution in [2.24, 2.45) is 0 Å². The Labute approximate surface area is 186 Å². The van der Waals surface area contributed by atoms with Gasteiger partial charge >= 0.3 is 5.69 Å². The number of hydrogen-bond acceptors (Lipinski definition) is 7. The van der Waals surface area contributed by atoms with E-state index in [0.29, 0.717) is 28.0 Å². The van der Waals surface area contributed by atoms with Gasteiger partial charge in [-0.05, 0) is 36.4 Å². The minimum absolute atomic E-state index is 0.114. The lowest BCUT2D eigenvalue weighted by atomic mass is 10.2. The van der Waals surface area contributed by atoms with Crippen LogP contribution in [0.4, 0.5) is 5.69 Å². The molecule has 0 radical (unpaired) electrons. The first-order valence-corrected chi connectivity index (χ1v) is 9.76. The largest absolute Gasteiger partial charge is 0.497 e. The third-order valence-corrected chi connectivity index (χ3v) is 4.73. The Morgan fingerprint density at radius 3 is 2.56 bits per heavy atom. The summed E-state index contributed by atoms with van der Waals surface area (Å²) in [5.41, 5.74) is 0.0889. The highest BCUT2D eigenvalue weighted by Gasteiger charge is 2.17. The van der Waals surface area contributed by atoms with Crippen LogP contribution in [0.1, 0.15) is 0 Å². The van der Waals surface area contributed by atoms with Crippen LogP contribution in [0.15, 0.2) is 59.7 Å². The molecule has 0 aliphatic rings. The van der Waals surface area contributed by atoms with Gasteiger partial charge in [0, 0.05) is 23.5 Å². The molecule has 10 nitrogen and oxygen atoms in total. The van der Waals surface area contributed by atoms with Gasteiger partial charge in [0.05, 0.1) is 19.9 Å². The Kier molecular flexibility index (Phi) is 5.95. The minimum Gasteiger partial charge on any atom is -0.497 e. The Bertz CT molecular complexity index is 1330. The number of carbonyl (C=O) groups excluding carboxylic acids is 1. The van der Waals surface area contributed by atoms with Gasteiger partial charge in [0.25, 0.3) is 5.88 Å². The number of rotatable bonds is 7. The second-order valence-corrected chi connectivity index (χ2v) is 6.97. The predicted octanol–water partition coefficient (Wildman–Crippen LogP) is 2.99. The molecule has 0 saturated carbocycles. The van der Waals surface area contributed by atoms with Gasteiger partial charge in [-0.1, -0.05) is 11.6 Å². The molecule has 0 aliphatic carbocycles. The summed E-state index contributed by atoms with van der Waals surface area (Å²) in [5, 5.41) is 7.48. The summed E-state index contributed by atoms with van der Waals surface area (Å²) in [6.07, 6.45) is 2.86. The van der Waals surface area contributed by atoms with Crippen molar-refractivity contribution in [3.05, 3.63) is 70.4 Å². The third-order valence-electron chi connectivity index (χ3n) is 4.47. The van der Waals surface area contributed by atoms with Crippen LogP contribution in [0.2, 0.25) is 5.02 Å². The van der Waals surface area contributed by atoms with Gasteiger partial charge in [0.15, 0.2) is 0 Å². The fourth-order valence-corrected chi connectivity index (χ4v) is 3.07. The van der Waals surface area contributed by atoms with Crippen LogP contribution in [0.25, 0.3) is 5.65 Å². The maximum atomic E-state index is 12.7. The number of methoxy groups -OCH3 is 2. The number of nitrogens with one attached hydrogen (secondary N) is 1. The van der Waals surface area contributed by atoms with Crippen LogP contribution < -0.4 is 25.2 Å². The van der Waals surface area contributed by atoms with Gasteiger partial charge in [-0.3, -0.25) is 4.79 Å². The van der Waals surface area contributed by atoms with Crippen molar-refractivity contribution < 1.29 is 19.0 Å². The second kappa shape index (κ2) is 8.98. The van der Waals surface area contributed by atoms with Crippen molar-refractivity contribution in [3.8, 4) is 23.1 Å². The SMILES string of the molecule is COc1ccc(NC(=O)Cn2nc3c(Oc4ccc(Cl)cc4)nccn3c2=O)c(OC)c1. The molecule has 2 aromatic carbocycles. The monoisotopic (exact) mass is 455 g/mol. The van der Waals surface area contributed by atoms with Crippen molar-refractivity contribution in [1.29, 1.82) is 0 Å². The fourth-order valence-electron chi connectivity index (χ4n) is 2.94. The van der Waals surface area contributed by atoms with E-state index in [4.69, 9.17) is 25.8 Å². The van der Waals surface area contributed by atoms with Crippen LogP contribution >= 0.6 is 11.6 Å². The second-order valence-electron chi connectivity index (χ2n) is 6.54. The predicted molar refractivity (Wildman–Crippen MR) is 117 cm³/mol. The molecule has 2 aromatic heterocycles. The van der Waals surface area contributed by atoms with E-state index in [0.717, 1.165) is 4.68 Å². The molecule has 0 atom stereocenters. The van der Waals surface area contributed by atoms with Gasteiger partial charge in [-0.25, -0.2) is 18.9 Å². The smallest absolute Gasteiger partial charge is 0.351 e. The molecule has 11 heteroatoms. The number of benzene rings is 2. The molecule has 4 rings (SSSR count). The molecule has 0 saturated heterocycles. The first-order valence-electron chi connectivity index (χ1n) is 9.38. The Balaban J connectivity index is 1.57. The van der Waals surface area contributed by atoms with E-state index < -0.39 is 11.6 Å². The summed E-state index contributed by atoms with van der Waals surface area (Å²) in [6, 6.07) is 11.6. The average Bonchev–Trinajstić information content (AvgIpc) is 3.11. The molecule has 1 amide bonds. The van der Waals surface area contributed by atoms with Gasteiger partial charge in [-0.2, -0.15) is 0 Å². The summed E-state index contributed by atoms with van der Waals surface area (Å²) in [7, 11) is 3.01. The normalized spacial score (nSPS) is 10.7. The molecule has 0 bridgehead atoms. The van der Waals surface area contributed by atoms with Crippen molar-refractivity contribution in [3.63, 3.8) is 0 Å². The molecule has 0 fully saturated rings. The van der Waals surface area contributed by atoms with E-state index in [1.54, 1.807) is 42.5 Å². The minimum atomic E-state index is -0.514. The Morgan fingerprint density at radius 2 is 1.84 bits per heavy atom. The zero-order valence-corrected chi connectivity index (χ0v) is 17.9. The fraction of sp³-hybridized carbons (Fsp3) is 0.143. The summed E-state index contributed by atoms with van der Waals surface area (Å²) in [6.45, 7) is -0.323. The van der Waals surface area contributed by atoms with Crippen molar-refractivity contribution in [2.75, 3.05) is 19.5 Å². The molecule has 0 aliphatic heterocycles. The number of amides is 1. The lowest BCUT2D eigenvalue weighted by molar-refractivity contribution is -0.117. The molecule has 164 valence electrons. The number of halogens is 1. The maximum absolute atomic E-state index is 12.7. The number of ether oxygens (including phenoxy) is 3. The molecule has 0 spiro atoms. The van der Waals surface area contributed by atoms with E-state index in [9.17, 15) is 9.59 Å². The molecular weight excluding hydrogens is 438 g/mol. The van der Waals surface area contributed by atoms with Crippen LogP contribution in [0, 0.1) is 0 Å². The van der Waals surface area contributed by atoms with Crippen LogP contribution in [0.3, 0.4) is 0 Å². The molecule has 0 unspecified atom stereocenters. The average molecular weight is 456 g/mol. The number of fused-ring (bicyclic) bond motifs is 1. The number of aromatic nitrogens is 4. The third kappa shape index (κ3) is 4.35. The van der Waals surface area contributed by atoms with Gasteiger partial charge in [0.1, 0.15) is 23.8 Å². The molecule has 4 aromatic rings. The van der Waals surface area contributed by atoms with Crippen LogP contribution in [-0.4, -0.2) is 39.3 Å². The summed E-state index contributed by atoms with van der Waals surface area (Å²) < 4.78 is 18.4. The number of hydrogen-bond donors (Lipinski definition) is 1. The highest BCUT2D eigenvalue weighted by atomic mass is 35.5. The Morgan fingerprint density at radius 1 is 1.09 bits per heavy atom. The van der Waals surface area contributed by atoms with E-state index >= 15 is 0 Å². The highest BCUT2D eigenvalue weighted by molar-refractivity contribution is 6.30. The highest BCUT2D eigenvalue weighted by Crippen LogP contribution is 2.29. The number of nitrogens with zero attached hydrogens (tertiary/aromatic N) is 4. The standard InChI is InChI=1S/C21H18ClN5O5/c1-30-15-7-8-16(17(11-15)31-2)24-18(28)12-27-21(29)26-10-9-23-20(19(26)25-27)32-14-5-3-13(22)4-6-14/h3-11H,12H2,1-2H3,(H,24,28). The van der Waals surface area contributed by atoms with E-state index in [-0.39, 0.29) is 18.1 Å². The molecule has 1 N–H and O–H groups in total. The van der Waals surface area contributed by atoms with Gasteiger partial charge in [-0.15, -0.1) is 5.10 Å². The first-order chi connectivity index (χ1) is 15.5. The topological polar surface area (TPSA) is 109 Å². The lowest BCUT2D eigenvalue weighted by Gasteiger charge is -2.11. The number of anilines is 1. The van der Waals surface area contributed by atoms with Gasteiger partial charge in [0.2, 0.25) is 11.6 Å². The number of carbonyl (C=O) groups is 1. The van der Waals surface area contributed by atoms with Crippen LogP contribution in [-0.2, 0) is 11.3 Å². The molecule has 2 heterocycles. The Hall–Kier alpha value is -4.05. The summed E-state index contributed by atoms with van der Waals surface area (Å²) in [5.74, 6) is 1.12. The summed E-state index contributed by atoms with van der Waals surface area (Å²) >= 11 is 5.89. The summed E-state index contributed by atoms with van der Waals surface area (Å²) in [4.78, 5) is 29.4. The van der Waals surface area contributed by atoms with Crippen molar-refractivity contribution in [2.45, 2.75) is 6.54 Å². The van der Waals surface area contributed by atoms with E-state index in [1.165, 1.54) is 31.0 Å². The first kappa shape index (κ1) is 21.2. The zero-order chi connectivity index (χ0) is 22.7. The van der Waals surface area contributed by atoms with Crippen molar-refractivity contribution in [1.82, 2.24) is 19.2 Å².